The number of piperazine rings is 1. The molecule has 1 aliphatic heterocycles. The van der Waals surface area contributed by atoms with Gasteiger partial charge in [0.1, 0.15) is 17.1 Å². The second kappa shape index (κ2) is 8.18. The molecule has 0 bridgehead atoms. The van der Waals surface area contributed by atoms with Crippen LogP contribution in [-0.4, -0.2) is 51.5 Å². The van der Waals surface area contributed by atoms with Crippen LogP contribution in [0.25, 0.3) is 10.2 Å². The average Bonchev–Trinajstić information content (AvgIpc) is 3.37. The lowest BCUT2D eigenvalue weighted by Gasteiger charge is -2.35. The first kappa shape index (κ1) is 20.9. The Kier molecular flexibility index (Phi) is 5.34. The van der Waals surface area contributed by atoms with Gasteiger partial charge in [-0.3, -0.25) is 24.3 Å². The van der Waals surface area contributed by atoms with E-state index >= 15 is 0 Å². The molecule has 0 spiro atoms. The van der Waals surface area contributed by atoms with E-state index in [1.54, 1.807) is 28.4 Å². The van der Waals surface area contributed by atoms with E-state index in [0.29, 0.717) is 42.3 Å². The highest BCUT2D eigenvalue weighted by Crippen LogP contribution is 2.34. The molecule has 1 aliphatic carbocycles. The maximum absolute atomic E-state index is 13.0. The van der Waals surface area contributed by atoms with Crippen molar-refractivity contribution in [1.29, 1.82) is 0 Å². The molecule has 2 aliphatic rings. The second-order valence-electron chi connectivity index (χ2n) is 7.97. The number of halogens is 1. The van der Waals surface area contributed by atoms with E-state index in [0.717, 1.165) is 29.7 Å². The number of rotatable bonds is 4. The minimum atomic E-state index is -0.449. The first-order chi connectivity index (χ1) is 15.4. The number of hydrogen-bond acceptors (Lipinski definition) is 7. The van der Waals surface area contributed by atoms with Gasteiger partial charge in [0.15, 0.2) is 0 Å². The van der Waals surface area contributed by atoms with Gasteiger partial charge in [0, 0.05) is 42.1 Å². The molecule has 3 aromatic rings. The second-order valence-corrected chi connectivity index (χ2v) is 9.49. The molecule has 2 aromatic heterocycles. The van der Waals surface area contributed by atoms with Gasteiger partial charge in [-0.05, 0) is 37.0 Å². The fourth-order valence-electron chi connectivity index (χ4n) is 4.48. The Morgan fingerprint density at radius 2 is 2.00 bits per heavy atom. The van der Waals surface area contributed by atoms with Crippen LogP contribution >= 0.6 is 22.9 Å². The number of aryl methyl sites for hydroxylation is 2. The number of amides is 1. The normalized spacial score (nSPS) is 15.9. The highest BCUT2D eigenvalue weighted by atomic mass is 35.5. The SMILES string of the molecule is O=C(Cn1cnc2sc3c(c2c1=O)CCC3)N1CCN(c2ccc(Cl)cc2[N+](=O)[O-])CC1. The van der Waals surface area contributed by atoms with Crippen molar-refractivity contribution in [2.75, 3.05) is 31.1 Å². The number of hydrogen-bond donors (Lipinski definition) is 0. The summed E-state index contributed by atoms with van der Waals surface area (Å²) in [7, 11) is 0. The molecule has 5 rings (SSSR count). The quantitative estimate of drug-likeness (QED) is 0.426. The summed E-state index contributed by atoms with van der Waals surface area (Å²) in [5, 5.41) is 12.4. The number of benzene rings is 1. The Hall–Kier alpha value is -2.98. The van der Waals surface area contributed by atoms with Crippen LogP contribution in [0.4, 0.5) is 11.4 Å². The summed E-state index contributed by atoms with van der Waals surface area (Å²) < 4.78 is 1.40. The van der Waals surface area contributed by atoms with Gasteiger partial charge in [-0.25, -0.2) is 4.98 Å². The van der Waals surface area contributed by atoms with Gasteiger partial charge < -0.3 is 9.80 Å². The molecular formula is C21H20ClN5O4S. The molecule has 0 unspecified atom stereocenters. The monoisotopic (exact) mass is 473 g/mol. The first-order valence-electron chi connectivity index (χ1n) is 10.4. The van der Waals surface area contributed by atoms with Crippen LogP contribution in [-0.2, 0) is 24.2 Å². The lowest BCUT2D eigenvalue weighted by atomic mass is 10.2. The zero-order chi connectivity index (χ0) is 22.4. The smallest absolute Gasteiger partial charge is 0.294 e. The topological polar surface area (TPSA) is 102 Å². The van der Waals surface area contributed by atoms with Crippen LogP contribution < -0.4 is 10.5 Å². The van der Waals surface area contributed by atoms with E-state index in [1.165, 1.54) is 21.8 Å². The minimum absolute atomic E-state index is 0.0495. The van der Waals surface area contributed by atoms with Crippen LogP contribution in [0.2, 0.25) is 5.02 Å². The van der Waals surface area contributed by atoms with Crippen LogP contribution in [0.3, 0.4) is 0 Å². The Morgan fingerprint density at radius 3 is 2.75 bits per heavy atom. The molecule has 3 heterocycles. The summed E-state index contributed by atoms with van der Waals surface area (Å²) in [6.07, 6.45) is 4.40. The van der Waals surface area contributed by atoms with E-state index in [2.05, 4.69) is 4.98 Å². The van der Waals surface area contributed by atoms with Gasteiger partial charge in [-0.15, -0.1) is 11.3 Å². The van der Waals surface area contributed by atoms with Crippen LogP contribution in [0, 0.1) is 10.1 Å². The molecule has 1 saturated heterocycles. The van der Waals surface area contributed by atoms with Crippen LogP contribution in [0.1, 0.15) is 16.9 Å². The Labute approximate surface area is 192 Å². The van der Waals surface area contributed by atoms with E-state index in [4.69, 9.17) is 11.6 Å². The zero-order valence-electron chi connectivity index (χ0n) is 17.1. The van der Waals surface area contributed by atoms with Crippen molar-refractivity contribution in [3.63, 3.8) is 0 Å². The lowest BCUT2D eigenvalue weighted by molar-refractivity contribution is -0.384. The largest absolute Gasteiger partial charge is 0.362 e. The highest BCUT2D eigenvalue weighted by molar-refractivity contribution is 7.18. The van der Waals surface area contributed by atoms with Gasteiger partial charge in [-0.1, -0.05) is 11.6 Å². The molecule has 1 fully saturated rings. The third kappa shape index (κ3) is 3.63. The van der Waals surface area contributed by atoms with Crippen molar-refractivity contribution in [1.82, 2.24) is 14.5 Å². The number of nitro groups is 1. The minimum Gasteiger partial charge on any atom is -0.362 e. The summed E-state index contributed by atoms with van der Waals surface area (Å²) in [6.45, 7) is 1.68. The maximum atomic E-state index is 13.0. The molecule has 11 heteroatoms. The summed E-state index contributed by atoms with van der Waals surface area (Å²) in [5.74, 6) is -0.162. The predicted octanol–water partition coefficient (Wildman–Crippen LogP) is 2.86. The average molecular weight is 474 g/mol. The van der Waals surface area contributed by atoms with E-state index in [1.807, 2.05) is 4.90 Å². The van der Waals surface area contributed by atoms with Gasteiger partial charge in [0.05, 0.1) is 16.6 Å². The number of aromatic nitrogens is 2. The number of nitro benzene ring substituents is 1. The first-order valence-corrected chi connectivity index (χ1v) is 11.6. The molecule has 1 aromatic carbocycles. The van der Waals surface area contributed by atoms with E-state index < -0.39 is 4.92 Å². The lowest BCUT2D eigenvalue weighted by Crippen LogP contribution is -2.50. The van der Waals surface area contributed by atoms with Crippen molar-refractivity contribution in [3.05, 3.63) is 60.5 Å². The van der Waals surface area contributed by atoms with E-state index in [9.17, 15) is 19.7 Å². The van der Waals surface area contributed by atoms with Gasteiger partial charge in [0.25, 0.3) is 11.2 Å². The van der Waals surface area contributed by atoms with Crippen molar-refractivity contribution < 1.29 is 9.72 Å². The predicted molar refractivity (Wildman–Crippen MR) is 123 cm³/mol. The molecule has 0 radical (unpaired) electrons. The molecule has 0 saturated carbocycles. The van der Waals surface area contributed by atoms with Crippen molar-refractivity contribution in [3.8, 4) is 0 Å². The van der Waals surface area contributed by atoms with Crippen LogP contribution in [0.15, 0.2) is 29.3 Å². The fourth-order valence-corrected chi connectivity index (χ4v) is 5.87. The number of fused-ring (bicyclic) bond motifs is 3. The molecule has 1 amide bonds. The molecular weight excluding hydrogens is 454 g/mol. The number of carbonyl (C=O) groups excluding carboxylic acids is 1. The van der Waals surface area contributed by atoms with E-state index in [-0.39, 0.29) is 23.7 Å². The summed E-state index contributed by atoms with van der Waals surface area (Å²) >= 11 is 7.48. The molecule has 0 atom stereocenters. The van der Waals surface area contributed by atoms with Crippen molar-refractivity contribution >= 4 is 50.4 Å². The van der Waals surface area contributed by atoms with Gasteiger partial charge in [0.2, 0.25) is 5.91 Å². The third-order valence-corrected chi connectivity index (χ3v) is 7.54. The number of nitrogens with zero attached hydrogens (tertiary/aromatic N) is 5. The van der Waals surface area contributed by atoms with Crippen molar-refractivity contribution in [2.45, 2.75) is 25.8 Å². The third-order valence-electron chi connectivity index (χ3n) is 6.10. The van der Waals surface area contributed by atoms with Crippen molar-refractivity contribution in [2.24, 2.45) is 0 Å². The fraction of sp³-hybridized carbons (Fsp3) is 0.381. The highest BCUT2D eigenvalue weighted by Gasteiger charge is 2.27. The Morgan fingerprint density at radius 1 is 1.22 bits per heavy atom. The van der Waals surface area contributed by atoms with Gasteiger partial charge in [-0.2, -0.15) is 0 Å². The molecule has 166 valence electrons. The summed E-state index contributed by atoms with van der Waals surface area (Å²) in [6, 6.07) is 4.60. The Balaban J connectivity index is 1.29. The maximum Gasteiger partial charge on any atom is 0.294 e. The van der Waals surface area contributed by atoms with Gasteiger partial charge >= 0.3 is 0 Å². The molecule has 0 N–H and O–H groups in total. The number of anilines is 1. The number of thiophene rings is 1. The zero-order valence-corrected chi connectivity index (χ0v) is 18.7. The van der Waals surface area contributed by atoms with Crippen LogP contribution in [0.5, 0.6) is 0 Å². The number of carbonyl (C=O) groups is 1. The summed E-state index contributed by atoms with van der Waals surface area (Å²) in [5.41, 5.74) is 1.39. The molecule has 32 heavy (non-hydrogen) atoms. The standard InChI is InChI=1S/C21H20ClN5O4S/c22-13-4-5-15(16(10-13)27(30)31)24-6-8-25(9-7-24)18(28)11-26-12-23-20-19(21(26)29)14-2-1-3-17(14)32-20/h4-5,10,12H,1-3,6-9,11H2. The summed E-state index contributed by atoms with van der Waals surface area (Å²) in [4.78, 5) is 46.8. The Bertz CT molecular complexity index is 1300. The molecule has 9 nitrogen and oxygen atoms in total.